The van der Waals surface area contributed by atoms with Crippen LogP contribution in [-0.2, 0) is 26.1 Å². The summed E-state index contributed by atoms with van der Waals surface area (Å²) >= 11 is 1.68. The average molecular weight is 319 g/mol. The fourth-order valence-corrected chi connectivity index (χ4v) is 3.52. The first-order valence-corrected chi connectivity index (χ1v) is 8.52. The van der Waals surface area contributed by atoms with E-state index in [1.54, 1.807) is 22.2 Å². The van der Waals surface area contributed by atoms with E-state index in [1.165, 1.54) is 0 Å². The zero-order valence-electron chi connectivity index (χ0n) is 13.2. The second kappa shape index (κ2) is 6.26. The fourth-order valence-electron chi connectivity index (χ4n) is 2.63. The minimum atomic E-state index is 0.116. The molecule has 0 N–H and O–H groups in total. The number of fused-ring (bicyclic) bond motifs is 1. The van der Waals surface area contributed by atoms with E-state index < -0.39 is 0 Å². The SMILES string of the molecule is CCn1cnc2c(c1=O)CCN(Cc1nnc(C(C)C)s1)C2. The van der Waals surface area contributed by atoms with Gasteiger partial charge in [-0.25, -0.2) is 4.98 Å². The Kier molecular flexibility index (Phi) is 4.35. The Balaban J connectivity index is 1.74. The van der Waals surface area contributed by atoms with Crippen LogP contribution in [0, 0.1) is 0 Å². The van der Waals surface area contributed by atoms with Crippen LogP contribution in [0.25, 0.3) is 0 Å². The van der Waals surface area contributed by atoms with Crippen molar-refractivity contribution in [2.75, 3.05) is 6.54 Å². The standard InChI is InChI=1S/C15H21N5OS/c1-4-20-9-16-12-7-19(6-5-11(12)15(20)21)8-13-17-18-14(22-13)10(2)3/h9-10H,4-8H2,1-3H3. The van der Waals surface area contributed by atoms with Crippen LogP contribution in [0.2, 0.25) is 0 Å². The second-order valence-corrected chi connectivity index (χ2v) is 7.00. The van der Waals surface area contributed by atoms with Gasteiger partial charge >= 0.3 is 0 Å². The van der Waals surface area contributed by atoms with Crippen LogP contribution in [0.15, 0.2) is 11.1 Å². The van der Waals surface area contributed by atoms with Crippen molar-refractivity contribution < 1.29 is 0 Å². The first kappa shape index (κ1) is 15.3. The van der Waals surface area contributed by atoms with Crippen molar-refractivity contribution in [1.29, 1.82) is 0 Å². The van der Waals surface area contributed by atoms with Crippen LogP contribution < -0.4 is 5.56 Å². The van der Waals surface area contributed by atoms with Crippen molar-refractivity contribution in [2.45, 2.75) is 52.7 Å². The third-order valence-corrected chi connectivity index (χ3v) is 5.16. The Morgan fingerprint density at radius 1 is 1.36 bits per heavy atom. The predicted octanol–water partition coefficient (Wildman–Crippen LogP) is 1.80. The van der Waals surface area contributed by atoms with E-state index in [2.05, 4.69) is 33.9 Å². The molecule has 0 radical (unpaired) electrons. The molecule has 0 bridgehead atoms. The molecule has 0 amide bonds. The Bertz CT molecular complexity index is 721. The molecule has 22 heavy (non-hydrogen) atoms. The van der Waals surface area contributed by atoms with E-state index in [4.69, 9.17) is 0 Å². The lowest BCUT2D eigenvalue weighted by atomic mass is 10.1. The molecule has 3 heterocycles. The molecular formula is C15H21N5OS. The molecule has 6 nitrogen and oxygen atoms in total. The quantitative estimate of drug-likeness (QED) is 0.860. The highest BCUT2D eigenvalue weighted by molar-refractivity contribution is 7.11. The summed E-state index contributed by atoms with van der Waals surface area (Å²) in [6.07, 6.45) is 2.42. The summed E-state index contributed by atoms with van der Waals surface area (Å²) in [4.78, 5) is 19.0. The third kappa shape index (κ3) is 2.96. The van der Waals surface area contributed by atoms with Gasteiger partial charge in [-0.3, -0.25) is 14.3 Å². The minimum Gasteiger partial charge on any atom is -0.299 e. The first-order valence-electron chi connectivity index (χ1n) is 7.70. The van der Waals surface area contributed by atoms with E-state index in [9.17, 15) is 4.79 Å². The van der Waals surface area contributed by atoms with Gasteiger partial charge in [-0.2, -0.15) is 0 Å². The number of hydrogen-bond donors (Lipinski definition) is 0. The topological polar surface area (TPSA) is 63.9 Å². The lowest BCUT2D eigenvalue weighted by Gasteiger charge is -2.26. The maximum Gasteiger partial charge on any atom is 0.256 e. The lowest BCUT2D eigenvalue weighted by Crippen LogP contribution is -2.36. The number of rotatable bonds is 4. The maximum absolute atomic E-state index is 12.3. The summed E-state index contributed by atoms with van der Waals surface area (Å²) < 4.78 is 1.67. The summed E-state index contributed by atoms with van der Waals surface area (Å²) in [7, 11) is 0. The minimum absolute atomic E-state index is 0.116. The Morgan fingerprint density at radius 3 is 2.86 bits per heavy atom. The Hall–Kier alpha value is -1.60. The second-order valence-electron chi connectivity index (χ2n) is 5.91. The molecule has 2 aromatic heterocycles. The molecule has 0 spiro atoms. The van der Waals surface area contributed by atoms with Gasteiger partial charge in [-0.05, 0) is 13.3 Å². The van der Waals surface area contributed by atoms with Gasteiger partial charge in [-0.1, -0.05) is 25.2 Å². The molecule has 1 aliphatic rings. The average Bonchev–Trinajstić information content (AvgIpc) is 2.96. The zero-order chi connectivity index (χ0) is 15.7. The molecule has 3 rings (SSSR count). The summed E-state index contributed by atoms with van der Waals surface area (Å²) in [6.45, 7) is 9.26. The van der Waals surface area contributed by atoms with Gasteiger partial charge in [0, 0.05) is 31.1 Å². The molecule has 0 saturated heterocycles. The van der Waals surface area contributed by atoms with Crippen LogP contribution in [-0.4, -0.2) is 31.2 Å². The van der Waals surface area contributed by atoms with E-state index >= 15 is 0 Å². The number of aryl methyl sites for hydroxylation is 1. The summed E-state index contributed by atoms with van der Waals surface area (Å²) in [5, 5.41) is 10.6. The monoisotopic (exact) mass is 319 g/mol. The van der Waals surface area contributed by atoms with E-state index in [-0.39, 0.29) is 5.56 Å². The summed E-state index contributed by atoms with van der Waals surface area (Å²) in [5.41, 5.74) is 1.90. The molecule has 0 saturated carbocycles. The zero-order valence-corrected chi connectivity index (χ0v) is 14.1. The Labute approximate surface area is 133 Å². The molecule has 0 unspecified atom stereocenters. The molecule has 1 aliphatic heterocycles. The summed E-state index contributed by atoms with van der Waals surface area (Å²) in [5.74, 6) is 0.419. The highest BCUT2D eigenvalue weighted by Gasteiger charge is 2.22. The van der Waals surface area contributed by atoms with Crippen molar-refractivity contribution >= 4 is 11.3 Å². The highest BCUT2D eigenvalue weighted by Crippen LogP contribution is 2.22. The summed E-state index contributed by atoms with van der Waals surface area (Å²) in [6, 6.07) is 0. The van der Waals surface area contributed by atoms with E-state index in [1.807, 2.05) is 6.92 Å². The van der Waals surface area contributed by atoms with Crippen LogP contribution in [0.1, 0.15) is 48.0 Å². The van der Waals surface area contributed by atoms with Crippen molar-refractivity contribution in [3.63, 3.8) is 0 Å². The molecule has 0 aliphatic carbocycles. The van der Waals surface area contributed by atoms with Crippen molar-refractivity contribution in [2.24, 2.45) is 0 Å². The van der Waals surface area contributed by atoms with Gasteiger partial charge in [0.2, 0.25) is 0 Å². The van der Waals surface area contributed by atoms with Gasteiger partial charge in [0.15, 0.2) is 0 Å². The van der Waals surface area contributed by atoms with E-state index in [0.29, 0.717) is 19.0 Å². The molecule has 0 atom stereocenters. The number of hydrogen-bond acceptors (Lipinski definition) is 6. The van der Waals surface area contributed by atoms with Gasteiger partial charge < -0.3 is 0 Å². The van der Waals surface area contributed by atoms with Gasteiger partial charge in [0.25, 0.3) is 5.56 Å². The Morgan fingerprint density at radius 2 is 2.18 bits per heavy atom. The molecular weight excluding hydrogens is 298 g/mol. The smallest absolute Gasteiger partial charge is 0.256 e. The lowest BCUT2D eigenvalue weighted by molar-refractivity contribution is 0.238. The molecule has 7 heteroatoms. The van der Waals surface area contributed by atoms with Gasteiger partial charge in [0.05, 0.1) is 18.6 Å². The van der Waals surface area contributed by atoms with Gasteiger partial charge in [0.1, 0.15) is 10.0 Å². The van der Waals surface area contributed by atoms with Crippen molar-refractivity contribution in [3.05, 3.63) is 38.0 Å². The van der Waals surface area contributed by atoms with E-state index in [0.717, 1.165) is 40.8 Å². The molecule has 0 aromatic carbocycles. The first-order chi connectivity index (χ1) is 10.6. The third-order valence-electron chi connectivity index (χ3n) is 3.95. The fraction of sp³-hybridized carbons (Fsp3) is 0.600. The van der Waals surface area contributed by atoms with Crippen LogP contribution >= 0.6 is 11.3 Å². The van der Waals surface area contributed by atoms with Crippen LogP contribution in [0.5, 0.6) is 0 Å². The van der Waals surface area contributed by atoms with Gasteiger partial charge in [-0.15, -0.1) is 10.2 Å². The van der Waals surface area contributed by atoms with Crippen molar-refractivity contribution in [3.8, 4) is 0 Å². The molecule has 2 aromatic rings. The number of aromatic nitrogens is 4. The number of nitrogens with zero attached hydrogens (tertiary/aromatic N) is 5. The maximum atomic E-state index is 12.3. The molecule has 118 valence electrons. The van der Waals surface area contributed by atoms with Crippen LogP contribution in [0.4, 0.5) is 0 Å². The normalized spacial score (nSPS) is 15.3. The van der Waals surface area contributed by atoms with Crippen molar-refractivity contribution in [1.82, 2.24) is 24.6 Å². The largest absolute Gasteiger partial charge is 0.299 e. The highest BCUT2D eigenvalue weighted by atomic mass is 32.1. The molecule has 0 fully saturated rings. The van der Waals surface area contributed by atoms with Crippen LogP contribution in [0.3, 0.4) is 0 Å². The predicted molar refractivity (Wildman–Crippen MR) is 86.0 cm³/mol.